The topological polar surface area (TPSA) is 75.7 Å². The van der Waals surface area contributed by atoms with Gasteiger partial charge >= 0.3 is 0 Å². The van der Waals surface area contributed by atoms with Crippen LogP contribution in [-0.2, 0) is 21.4 Å². The lowest BCUT2D eigenvalue weighted by atomic mass is 10.2. The number of hydrogen-bond donors (Lipinski definition) is 1. The highest BCUT2D eigenvalue weighted by atomic mass is 32.2. The molecule has 29 heavy (non-hydrogen) atoms. The average Bonchev–Trinajstić information content (AvgIpc) is 3.05. The fourth-order valence-electron chi connectivity index (χ4n) is 3.12. The molecule has 1 fully saturated rings. The summed E-state index contributed by atoms with van der Waals surface area (Å²) in [5.74, 6) is 0.529. The van der Waals surface area contributed by atoms with Crippen molar-refractivity contribution in [3.05, 3.63) is 52.9 Å². The molecule has 0 spiro atoms. The molecule has 1 N–H and O–H groups in total. The van der Waals surface area contributed by atoms with Crippen LogP contribution in [-0.4, -0.2) is 38.8 Å². The van der Waals surface area contributed by atoms with Crippen LogP contribution in [0.2, 0.25) is 0 Å². The van der Waals surface area contributed by atoms with Crippen molar-refractivity contribution in [2.45, 2.75) is 36.4 Å². The molecule has 0 aliphatic carbocycles. The van der Waals surface area contributed by atoms with E-state index in [2.05, 4.69) is 5.32 Å². The maximum absolute atomic E-state index is 12.8. The maximum Gasteiger partial charge on any atom is 0.252 e. The predicted molar refractivity (Wildman–Crippen MR) is 115 cm³/mol. The highest BCUT2D eigenvalue weighted by molar-refractivity contribution is 7.91. The van der Waals surface area contributed by atoms with E-state index < -0.39 is 10.0 Å². The van der Waals surface area contributed by atoms with Gasteiger partial charge in [-0.25, -0.2) is 8.42 Å². The van der Waals surface area contributed by atoms with Gasteiger partial charge in [0.2, 0.25) is 5.91 Å². The van der Waals surface area contributed by atoms with Crippen LogP contribution >= 0.6 is 11.3 Å². The van der Waals surface area contributed by atoms with E-state index in [4.69, 9.17) is 4.74 Å². The van der Waals surface area contributed by atoms with Crippen molar-refractivity contribution in [3.8, 4) is 5.75 Å². The third-order valence-electron chi connectivity index (χ3n) is 4.78. The highest BCUT2D eigenvalue weighted by Crippen LogP contribution is 2.26. The summed E-state index contributed by atoms with van der Waals surface area (Å²) in [6, 6.07) is 10.8. The van der Waals surface area contributed by atoms with Crippen LogP contribution in [0.25, 0.3) is 6.08 Å². The summed E-state index contributed by atoms with van der Waals surface area (Å²) in [7, 11) is -1.84. The van der Waals surface area contributed by atoms with Gasteiger partial charge in [0.1, 0.15) is 9.96 Å². The summed E-state index contributed by atoms with van der Waals surface area (Å²) in [5, 5.41) is 2.80. The second-order valence-corrected chi connectivity index (χ2v) is 10.2. The maximum atomic E-state index is 12.8. The first kappa shape index (κ1) is 21.5. The number of nitrogens with zero attached hydrogens (tertiary/aromatic N) is 1. The molecule has 1 saturated heterocycles. The number of benzene rings is 1. The number of carbonyl (C=O) groups is 1. The second-order valence-electron chi connectivity index (χ2n) is 6.86. The van der Waals surface area contributed by atoms with Crippen LogP contribution in [0.3, 0.4) is 0 Å². The molecule has 1 amide bonds. The molecule has 0 radical (unpaired) electrons. The van der Waals surface area contributed by atoms with Gasteiger partial charge in [-0.3, -0.25) is 4.79 Å². The van der Waals surface area contributed by atoms with Gasteiger partial charge in [-0.05, 0) is 48.7 Å². The minimum atomic E-state index is -3.44. The molecule has 0 bridgehead atoms. The van der Waals surface area contributed by atoms with Crippen molar-refractivity contribution in [2.24, 2.45) is 0 Å². The molecule has 8 heteroatoms. The number of methoxy groups -OCH3 is 1. The summed E-state index contributed by atoms with van der Waals surface area (Å²) in [6.45, 7) is 1.47. The fourth-order valence-corrected chi connectivity index (χ4v) is 6.09. The Morgan fingerprint density at radius 1 is 1.10 bits per heavy atom. The first-order valence-electron chi connectivity index (χ1n) is 9.68. The van der Waals surface area contributed by atoms with Crippen molar-refractivity contribution in [2.75, 3.05) is 20.2 Å². The van der Waals surface area contributed by atoms with Crippen molar-refractivity contribution >= 4 is 33.3 Å². The number of rotatable bonds is 7. The molecule has 3 rings (SSSR count). The molecule has 2 aromatic rings. The van der Waals surface area contributed by atoms with E-state index in [-0.39, 0.29) is 5.91 Å². The summed E-state index contributed by atoms with van der Waals surface area (Å²) in [6.07, 6.45) is 7.17. The van der Waals surface area contributed by atoms with E-state index in [1.807, 2.05) is 24.3 Å². The Balaban J connectivity index is 1.55. The largest absolute Gasteiger partial charge is 0.497 e. The van der Waals surface area contributed by atoms with Crippen LogP contribution in [0.5, 0.6) is 5.75 Å². The van der Waals surface area contributed by atoms with Gasteiger partial charge in [0.05, 0.1) is 13.7 Å². The minimum Gasteiger partial charge on any atom is -0.497 e. The lowest BCUT2D eigenvalue weighted by Gasteiger charge is -2.18. The van der Waals surface area contributed by atoms with Crippen LogP contribution in [0.15, 0.2) is 46.7 Å². The third-order valence-corrected chi connectivity index (χ3v) is 8.23. The van der Waals surface area contributed by atoms with Gasteiger partial charge in [-0.2, -0.15) is 4.31 Å². The van der Waals surface area contributed by atoms with E-state index in [0.29, 0.717) is 23.8 Å². The van der Waals surface area contributed by atoms with E-state index >= 15 is 0 Å². The Bertz CT molecular complexity index is 941. The van der Waals surface area contributed by atoms with E-state index in [0.717, 1.165) is 41.9 Å². The van der Waals surface area contributed by atoms with Gasteiger partial charge in [-0.15, -0.1) is 11.3 Å². The lowest BCUT2D eigenvalue weighted by Crippen LogP contribution is -2.31. The molecular weight excluding hydrogens is 408 g/mol. The van der Waals surface area contributed by atoms with Gasteiger partial charge < -0.3 is 10.1 Å². The number of carbonyl (C=O) groups excluding carboxylic acids is 1. The lowest BCUT2D eigenvalue weighted by molar-refractivity contribution is -0.116. The van der Waals surface area contributed by atoms with E-state index in [9.17, 15) is 13.2 Å². The summed E-state index contributed by atoms with van der Waals surface area (Å²) in [4.78, 5) is 12.9. The van der Waals surface area contributed by atoms with Crippen LogP contribution < -0.4 is 10.1 Å². The van der Waals surface area contributed by atoms with Crippen LogP contribution in [0.1, 0.15) is 36.1 Å². The number of thiophene rings is 1. The zero-order valence-electron chi connectivity index (χ0n) is 16.5. The Kier molecular flexibility index (Phi) is 7.46. The van der Waals surface area contributed by atoms with E-state index in [1.165, 1.54) is 17.4 Å². The molecule has 0 saturated carbocycles. The molecule has 2 heterocycles. The fraction of sp³-hybridized carbons (Fsp3) is 0.381. The SMILES string of the molecule is COc1ccc(/C=C/C(=O)NCc2ccc(S(=O)(=O)N3CCCCCC3)s2)cc1. The van der Waals surface area contributed by atoms with Crippen molar-refractivity contribution in [1.29, 1.82) is 0 Å². The Labute approximate surface area is 176 Å². The molecule has 1 aromatic carbocycles. The zero-order valence-corrected chi connectivity index (χ0v) is 18.1. The normalized spacial score (nSPS) is 15.9. The second kappa shape index (κ2) is 10.0. The Hall–Kier alpha value is -2.16. The van der Waals surface area contributed by atoms with Crippen molar-refractivity contribution in [1.82, 2.24) is 9.62 Å². The molecule has 1 aromatic heterocycles. The average molecular weight is 435 g/mol. The smallest absolute Gasteiger partial charge is 0.252 e. The highest BCUT2D eigenvalue weighted by Gasteiger charge is 2.26. The van der Waals surface area contributed by atoms with Crippen molar-refractivity contribution < 1.29 is 17.9 Å². The molecule has 1 aliphatic rings. The van der Waals surface area contributed by atoms with Gasteiger partial charge in [0.15, 0.2) is 0 Å². The summed E-state index contributed by atoms with van der Waals surface area (Å²) < 4.78 is 32.7. The van der Waals surface area contributed by atoms with Crippen LogP contribution in [0.4, 0.5) is 0 Å². The summed E-state index contributed by atoms with van der Waals surface area (Å²) in [5.41, 5.74) is 0.892. The Morgan fingerprint density at radius 2 is 1.79 bits per heavy atom. The number of nitrogens with one attached hydrogen (secondary N) is 1. The molecule has 156 valence electrons. The summed E-state index contributed by atoms with van der Waals surface area (Å²) >= 11 is 1.22. The molecule has 0 unspecified atom stereocenters. The number of hydrogen-bond acceptors (Lipinski definition) is 5. The van der Waals surface area contributed by atoms with E-state index in [1.54, 1.807) is 29.6 Å². The standard InChI is InChI=1S/C21H26N2O4S2/c1-27-18-9-6-17(7-10-18)8-12-20(24)22-16-19-11-13-21(28-19)29(25,26)23-14-4-2-3-5-15-23/h6-13H,2-5,14-16H2,1H3,(H,22,24)/b12-8+. The first-order chi connectivity index (χ1) is 14.0. The molecule has 1 aliphatic heterocycles. The van der Waals surface area contributed by atoms with Crippen molar-refractivity contribution in [3.63, 3.8) is 0 Å². The van der Waals surface area contributed by atoms with Gasteiger partial charge in [-0.1, -0.05) is 25.0 Å². The quantitative estimate of drug-likeness (QED) is 0.675. The zero-order chi connectivity index (χ0) is 20.7. The monoisotopic (exact) mass is 434 g/mol. The molecule has 6 nitrogen and oxygen atoms in total. The minimum absolute atomic E-state index is 0.230. The number of sulfonamides is 1. The molecule has 0 atom stereocenters. The third kappa shape index (κ3) is 5.91. The predicted octanol–water partition coefficient (Wildman–Crippen LogP) is 3.65. The Morgan fingerprint density at radius 3 is 2.45 bits per heavy atom. The first-order valence-corrected chi connectivity index (χ1v) is 11.9. The van der Waals surface area contributed by atoms with Crippen LogP contribution in [0, 0.1) is 0 Å². The molecular formula is C21H26N2O4S2. The number of ether oxygens (including phenoxy) is 1. The number of amides is 1. The van der Waals surface area contributed by atoms with Gasteiger partial charge in [0, 0.05) is 24.0 Å². The van der Waals surface area contributed by atoms with Gasteiger partial charge in [0.25, 0.3) is 10.0 Å².